The van der Waals surface area contributed by atoms with Crippen LogP contribution in [0.1, 0.15) is 69.2 Å². The number of aromatic nitrogens is 4. The van der Waals surface area contributed by atoms with E-state index in [0.717, 1.165) is 112 Å². The number of rotatable bonds is 6. The molecule has 0 atom stereocenters. The van der Waals surface area contributed by atoms with Gasteiger partial charge in [-0.1, -0.05) is 72.8 Å². The minimum absolute atomic E-state index is 0.126. The fourth-order valence-corrected chi connectivity index (χ4v) is 9.52. The highest BCUT2D eigenvalue weighted by atomic mass is 32.1. The molecule has 0 radical (unpaired) electrons. The molecule has 0 aliphatic carbocycles. The first-order valence-electron chi connectivity index (χ1n) is 19.3. The van der Waals surface area contributed by atoms with E-state index in [1.807, 2.05) is 107 Å². The maximum atomic E-state index is 12.9. The number of hydrogen-bond acceptors (Lipinski definition) is 6. The molecule has 4 aromatic carbocycles. The Balaban J connectivity index is 0.000000146. The van der Waals surface area contributed by atoms with E-state index in [1.165, 1.54) is 4.88 Å². The maximum absolute atomic E-state index is 12.9. The Kier molecular flexibility index (Phi) is 10.3. The number of imidazole rings is 2. The first-order valence-corrected chi connectivity index (χ1v) is 21.0. The Morgan fingerprint density at radius 1 is 0.536 bits per heavy atom. The average molecular weight is 775 g/mol. The fraction of sp³-hybridized carbons (Fsp3) is 0.217. The summed E-state index contributed by atoms with van der Waals surface area (Å²) in [5, 5.41) is 2.07. The van der Waals surface area contributed by atoms with Crippen LogP contribution in [0.25, 0.3) is 42.9 Å². The predicted molar refractivity (Wildman–Crippen MR) is 227 cm³/mol. The Labute approximate surface area is 333 Å². The molecule has 10 rings (SSSR count). The number of nitrogens with one attached hydrogen (secondary N) is 2. The van der Waals surface area contributed by atoms with E-state index >= 15 is 0 Å². The van der Waals surface area contributed by atoms with Gasteiger partial charge in [0.1, 0.15) is 11.6 Å². The van der Waals surface area contributed by atoms with Crippen molar-refractivity contribution in [3.05, 3.63) is 155 Å². The van der Waals surface area contributed by atoms with Crippen LogP contribution in [-0.2, 0) is 0 Å². The summed E-state index contributed by atoms with van der Waals surface area (Å²) in [5.41, 5.74) is 7.29. The topological polar surface area (TPSA) is 98.0 Å². The van der Waals surface area contributed by atoms with Gasteiger partial charge in [0.15, 0.2) is 0 Å². The smallest absolute Gasteiger partial charge is 0.263 e. The summed E-state index contributed by atoms with van der Waals surface area (Å²) in [6.45, 7) is 3.10. The van der Waals surface area contributed by atoms with E-state index in [2.05, 4.69) is 45.7 Å². The monoisotopic (exact) mass is 774 g/mol. The highest BCUT2D eigenvalue weighted by Crippen LogP contribution is 2.33. The molecule has 2 aliphatic heterocycles. The largest absolute Gasteiger partial charge is 0.342 e. The number of amides is 2. The van der Waals surface area contributed by atoms with Crippen molar-refractivity contribution in [2.75, 3.05) is 26.2 Å². The average Bonchev–Trinajstić information content (AvgIpc) is 4.11. The summed E-state index contributed by atoms with van der Waals surface area (Å²) in [4.78, 5) is 49.4. The summed E-state index contributed by atoms with van der Waals surface area (Å²) < 4.78 is 0. The molecule has 0 spiro atoms. The molecule has 0 unspecified atom stereocenters. The van der Waals surface area contributed by atoms with E-state index < -0.39 is 0 Å². The van der Waals surface area contributed by atoms with Crippen LogP contribution >= 0.6 is 22.7 Å². The first-order chi connectivity index (χ1) is 27.6. The van der Waals surface area contributed by atoms with Crippen LogP contribution in [0.15, 0.2) is 133 Å². The fourth-order valence-electron chi connectivity index (χ4n) is 7.81. The number of thiophene rings is 2. The van der Waals surface area contributed by atoms with Crippen LogP contribution in [0.3, 0.4) is 0 Å². The number of hydrogen-bond donors (Lipinski definition) is 2. The number of carbonyl (C=O) groups excluding carboxylic acids is 2. The Hall–Kier alpha value is -5.84. The standard InChI is InChI=1S/2C23H21N3OS/c27-23(18-9-7-16(8-10-18)21-6-3-15-28-21)26-13-11-17(12-14-26)22-24-19-4-1-2-5-20(19)25-22;27-23(21-11-10-20(28-21)16-6-2-1-3-7-16)26-14-12-17(13-15-26)22-24-18-8-4-5-9-19(18)25-22/h1-10,15,17H,11-14H2,(H,24,25);1-11,17H,12-15H2,(H,24,25). The number of carbonyl (C=O) groups is 2. The number of H-pyrrole nitrogens is 2. The number of para-hydroxylation sites is 4. The molecule has 0 saturated carbocycles. The zero-order chi connectivity index (χ0) is 37.8. The molecular formula is C46H42N6O2S2. The molecular weight excluding hydrogens is 733 g/mol. The normalized spacial score (nSPS) is 15.2. The van der Waals surface area contributed by atoms with Gasteiger partial charge in [-0.15, -0.1) is 22.7 Å². The van der Waals surface area contributed by atoms with Gasteiger partial charge in [0, 0.05) is 53.3 Å². The molecule has 4 aromatic heterocycles. The second-order valence-electron chi connectivity index (χ2n) is 14.5. The van der Waals surface area contributed by atoms with Crippen molar-refractivity contribution in [2.45, 2.75) is 37.5 Å². The molecule has 10 heteroatoms. The lowest BCUT2D eigenvalue weighted by atomic mass is 9.95. The molecule has 2 amide bonds. The Morgan fingerprint density at radius 2 is 1.07 bits per heavy atom. The third-order valence-electron chi connectivity index (χ3n) is 11.0. The minimum atomic E-state index is 0.126. The lowest BCUT2D eigenvalue weighted by Gasteiger charge is -2.31. The molecule has 56 heavy (non-hydrogen) atoms. The van der Waals surface area contributed by atoms with Gasteiger partial charge in [0.2, 0.25) is 0 Å². The lowest BCUT2D eigenvalue weighted by Crippen LogP contribution is -2.38. The van der Waals surface area contributed by atoms with E-state index in [1.54, 1.807) is 22.7 Å². The zero-order valence-electron chi connectivity index (χ0n) is 30.9. The number of aromatic amines is 2. The molecule has 280 valence electrons. The highest BCUT2D eigenvalue weighted by molar-refractivity contribution is 7.17. The maximum Gasteiger partial charge on any atom is 0.263 e. The van der Waals surface area contributed by atoms with Crippen molar-refractivity contribution < 1.29 is 9.59 Å². The molecule has 6 heterocycles. The number of likely N-dealkylation sites (tertiary alicyclic amines) is 2. The van der Waals surface area contributed by atoms with Crippen LogP contribution < -0.4 is 0 Å². The quantitative estimate of drug-likeness (QED) is 0.176. The molecule has 8 aromatic rings. The summed E-state index contributed by atoms with van der Waals surface area (Å²) in [6, 6.07) is 42.6. The van der Waals surface area contributed by atoms with Gasteiger partial charge in [-0.2, -0.15) is 0 Å². The highest BCUT2D eigenvalue weighted by Gasteiger charge is 2.28. The lowest BCUT2D eigenvalue weighted by molar-refractivity contribution is 0.0706. The third-order valence-corrected chi connectivity index (χ3v) is 13.0. The molecule has 2 N–H and O–H groups in total. The first kappa shape index (κ1) is 35.8. The molecule has 2 aliphatic rings. The summed E-state index contributed by atoms with van der Waals surface area (Å²) in [6.07, 6.45) is 3.78. The van der Waals surface area contributed by atoms with Gasteiger partial charge in [-0.25, -0.2) is 9.97 Å². The van der Waals surface area contributed by atoms with Crippen LogP contribution in [0.5, 0.6) is 0 Å². The van der Waals surface area contributed by atoms with Crippen molar-refractivity contribution in [3.8, 4) is 20.9 Å². The Morgan fingerprint density at radius 3 is 1.62 bits per heavy atom. The molecule has 8 nitrogen and oxygen atoms in total. The van der Waals surface area contributed by atoms with Crippen LogP contribution in [0, 0.1) is 0 Å². The van der Waals surface area contributed by atoms with E-state index in [0.29, 0.717) is 11.8 Å². The van der Waals surface area contributed by atoms with Crippen molar-refractivity contribution in [1.29, 1.82) is 0 Å². The second kappa shape index (κ2) is 16.1. The third kappa shape index (κ3) is 7.67. The van der Waals surface area contributed by atoms with E-state index in [4.69, 9.17) is 9.97 Å². The van der Waals surface area contributed by atoms with Crippen molar-refractivity contribution in [2.24, 2.45) is 0 Å². The van der Waals surface area contributed by atoms with Crippen molar-refractivity contribution in [3.63, 3.8) is 0 Å². The van der Waals surface area contributed by atoms with E-state index in [9.17, 15) is 9.59 Å². The van der Waals surface area contributed by atoms with Crippen LogP contribution in [0.4, 0.5) is 0 Å². The van der Waals surface area contributed by atoms with Gasteiger partial charge in [-0.3, -0.25) is 9.59 Å². The van der Waals surface area contributed by atoms with Crippen molar-refractivity contribution >= 4 is 56.6 Å². The summed E-state index contributed by atoms with van der Waals surface area (Å²) in [7, 11) is 0. The number of piperidine rings is 2. The summed E-state index contributed by atoms with van der Waals surface area (Å²) in [5.74, 6) is 3.15. The minimum Gasteiger partial charge on any atom is -0.342 e. The summed E-state index contributed by atoms with van der Waals surface area (Å²) >= 11 is 3.29. The van der Waals surface area contributed by atoms with Crippen LogP contribution in [0.2, 0.25) is 0 Å². The zero-order valence-corrected chi connectivity index (χ0v) is 32.6. The molecule has 2 saturated heterocycles. The number of benzene rings is 4. The second-order valence-corrected chi connectivity index (χ2v) is 16.5. The number of fused-ring (bicyclic) bond motifs is 2. The van der Waals surface area contributed by atoms with Gasteiger partial charge >= 0.3 is 0 Å². The van der Waals surface area contributed by atoms with Gasteiger partial charge in [0.05, 0.1) is 26.9 Å². The predicted octanol–water partition coefficient (Wildman–Crippen LogP) is 10.6. The SMILES string of the molecule is O=C(c1ccc(-c2ccccc2)s1)N1CCC(c2nc3ccccc3[nH]2)CC1.O=C(c1ccc(-c2cccs2)cc1)N1CCC(c2nc3ccccc3[nH]2)CC1. The van der Waals surface area contributed by atoms with Gasteiger partial charge in [0.25, 0.3) is 11.8 Å². The van der Waals surface area contributed by atoms with Gasteiger partial charge < -0.3 is 19.8 Å². The van der Waals surface area contributed by atoms with E-state index in [-0.39, 0.29) is 11.8 Å². The molecule has 0 bridgehead atoms. The van der Waals surface area contributed by atoms with Crippen molar-refractivity contribution in [1.82, 2.24) is 29.7 Å². The van der Waals surface area contributed by atoms with Crippen LogP contribution in [-0.4, -0.2) is 67.7 Å². The molecule has 2 fully saturated rings. The number of nitrogens with zero attached hydrogens (tertiary/aromatic N) is 4. The Bertz CT molecular complexity index is 2490. The van der Waals surface area contributed by atoms with Gasteiger partial charge in [-0.05, 0) is 96.8 Å².